The smallest absolute Gasteiger partial charge is 0.410 e. The van der Waals surface area contributed by atoms with Gasteiger partial charge in [0.25, 0.3) is 0 Å². The van der Waals surface area contributed by atoms with E-state index in [1.807, 2.05) is 82.3 Å². The molecule has 2 N–H and O–H groups in total. The quantitative estimate of drug-likeness (QED) is 0.133. The number of esters is 1. The molecular weight excluding hydrogens is 755 g/mol. The van der Waals surface area contributed by atoms with E-state index in [0.717, 1.165) is 16.7 Å². The Labute approximate surface area is 353 Å². The zero-order valence-corrected chi connectivity index (χ0v) is 35.9. The summed E-state index contributed by atoms with van der Waals surface area (Å²) in [5.74, 6) is -3.01. The number of benzene rings is 3. The maximum atomic E-state index is 14.1. The van der Waals surface area contributed by atoms with Crippen molar-refractivity contribution in [3.05, 3.63) is 131 Å². The first-order valence-electron chi connectivity index (χ1n) is 21.7. The minimum Gasteiger partial charge on any atom is -0.458 e. The van der Waals surface area contributed by atoms with Crippen LogP contribution in [0.2, 0.25) is 0 Å². The maximum Gasteiger partial charge on any atom is 0.410 e. The van der Waals surface area contributed by atoms with Crippen LogP contribution in [-0.4, -0.2) is 75.1 Å². The monoisotopic (exact) mass is 813 g/mol. The van der Waals surface area contributed by atoms with Gasteiger partial charge < -0.3 is 29.3 Å². The minimum atomic E-state index is -1.88. The van der Waals surface area contributed by atoms with Gasteiger partial charge in [0.2, 0.25) is 0 Å². The first-order valence-corrected chi connectivity index (χ1v) is 21.7. The second-order valence-electron chi connectivity index (χ2n) is 20.6. The second-order valence-corrected chi connectivity index (χ2v) is 20.6. The molecule has 60 heavy (non-hydrogen) atoms. The molecule has 9 rings (SSSR count). The molecule has 0 radical (unpaired) electrons. The van der Waals surface area contributed by atoms with E-state index in [-0.39, 0.29) is 48.1 Å². The van der Waals surface area contributed by atoms with Crippen LogP contribution in [0.25, 0.3) is 0 Å². The molecule has 3 aromatic carbocycles. The lowest BCUT2D eigenvalue weighted by atomic mass is 9.57. The molecular formula is C51H59NO8. The van der Waals surface area contributed by atoms with Crippen LogP contribution < -0.4 is 0 Å². The first-order chi connectivity index (χ1) is 28.3. The Kier molecular flexibility index (Phi) is 9.33. The number of ketones is 1. The van der Waals surface area contributed by atoms with Crippen LogP contribution in [0.3, 0.4) is 0 Å². The van der Waals surface area contributed by atoms with E-state index in [4.69, 9.17) is 14.2 Å². The largest absolute Gasteiger partial charge is 0.458 e. The first kappa shape index (κ1) is 40.8. The predicted octanol–water partition coefficient (Wildman–Crippen LogP) is 8.17. The third-order valence-corrected chi connectivity index (χ3v) is 15.4. The molecule has 0 unspecified atom stereocenters. The Hall–Kier alpha value is -4.57. The molecule has 7 atom stereocenters. The molecule has 9 nitrogen and oxygen atoms in total. The van der Waals surface area contributed by atoms with E-state index in [2.05, 4.69) is 56.3 Å². The Morgan fingerprint density at radius 3 is 1.87 bits per heavy atom. The number of likely N-dealkylation sites (tertiary alicyclic amines) is 1. The maximum absolute atomic E-state index is 14.1. The van der Waals surface area contributed by atoms with Gasteiger partial charge in [-0.3, -0.25) is 9.59 Å². The summed E-state index contributed by atoms with van der Waals surface area (Å²) in [6.07, 6.45) is 5.24. The summed E-state index contributed by atoms with van der Waals surface area (Å²) < 4.78 is 19.6. The van der Waals surface area contributed by atoms with Crippen LogP contribution in [0.4, 0.5) is 4.79 Å². The van der Waals surface area contributed by atoms with Gasteiger partial charge in [-0.1, -0.05) is 124 Å². The molecule has 0 aromatic heterocycles. The average Bonchev–Trinajstić information content (AvgIpc) is 3.58. The highest BCUT2D eigenvalue weighted by molar-refractivity contribution is 6.04. The van der Waals surface area contributed by atoms with Crippen molar-refractivity contribution in [3.63, 3.8) is 0 Å². The predicted molar refractivity (Wildman–Crippen MR) is 226 cm³/mol. The van der Waals surface area contributed by atoms with Crippen molar-refractivity contribution in [2.45, 2.75) is 102 Å². The van der Waals surface area contributed by atoms with Gasteiger partial charge in [0.15, 0.2) is 5.78 Å². The van der Waals surface area contributed by atoms with E-state index < -0.39 is 51.2 Å². The molecule has 316 valence electrons. The fraction of sp³-hybridized carbons (Fsp3) is 0.510. The molecule has 4 fully saturated rings. The van der Waals surface area contributed by atoms with Crippen LogP contribution in [0.5, 0.6) is 0 Å². The molecule has 1 heterocycles. The van der Waals surface area contributed by atoms with Gasteiger partial charge in [-0.25, -0.2) is 4.79 Å². The number of ether oxygens (including phenoxy) is 3. The molecule has 3 aromatic rings. The summed E-state index contributed by atoms with van der Waals surface area (Å²) in [7, 11) is 0. The molecule has 0 bridgehead atoms. The van der Waals surface area contributed by atoms with Gasteiger partial charge in [-0.05, 0) is 80.7 Å². The average molecular weight is 814 g/mol. The minimum absolute atomic E-state index is 0.00523. The van der Waals surface area contributed by atoms with Crippen molar-refractivity contribution in [1.29, 1.82) is 0 Å². The van der Waals surface area contributed by atoms with Gasteiger partial charge in [0, 0.05) is 48.1 Å². The van der Waals surface area contributed by atoms with E-state index >= 15 is 0 Å². The Bertz CT molecular complexity index is 2150. The SMILES string of the molecule is CC1=C[C@H]2[C@@]3(O)[C@H](C)C[C@]4(OC(=O)C5CC6(C5)CN(C(=O)OC(C)(C)C)C6)[C@H]([C@@H]3C=C(COC(c3ccccc3)(c3ccccc3)c3ccccc3)C[C@]2(O)C1=O)C4(C)C. The zero-order chi connectivity index (χ0) is 42.7. The number of hydrogen-bond acceptors (Lipinski definition) is 8. The second kappa shape index (κ2) is 13.7. The number of rotatable bonds is 8. The Morgan fingerprint density at radius 1 is 0.817 bits per heavy atom. The van der Waals surface area contributed by atoms with Crippen molar-refractivity contribution in [2.24, 2.45) is 40.4 Å². The molecule has 1 aliphatic heterocycles. The number of fused-ring (bicyclic) bond motifs is 5. The van der Waals surface area contributed by atoms with Crippen molar-refractivity contribution in [1.82, 2.24) is 4.90 Å². The standard InChI is InChI=1S/C51H59NO8/c1-32-23-40-48(56,42(32)53)26-34(29-58-51(36-17-11-8-12-18-36,37-19-13-9-14-20-37)38-21-15-10-16-22-38)24-39-41-46(6,7)49(41,25-33(2)50(39,40)57)59-43(54)35-27-47(28-35)30-52(31-47)44(55)60-45(3,4)5/h8-24,33,35,39-41,56-57H,25-31H2,1-7H3/t33-,39+,40-,41-,48-,49+,50-/m1/s1. The van der Waals surface area contributed by atoms with Crippen LogP contribution in [0.15, 0.2) is 114 Å². The lowest BCUT2D eigenvalue weighted by Gasteiger charge is -2.58. The lowest BCUT2D eigenvalue weighted by Crippen LogP contribution is -2.65. The Balaban J connectivity index is 1.04. The number of aliphatic hydroxyl groups is 2. The molecule has 9 heteroatoms. The van der Waals surface area contributed by atoms with E-state index in [9.17, 15) is 24.6 Å². The number of amides is 1. The molecule has 5 aliphatic carbocycles. The highest BCUT2D eigenvalue weighted by atomic mass is 16.6. The van der Waals surface area contributed by atoms with Crippen molar-refractivity contribution in [3.8, 4) is 0 Å². The number of Topliss-reactive ketones (excluding diaryl/α,β-unsaturated/α-hetero) is 1. The van der Waals surface area contributed by atoms with E-state index in [1.54, 1.807) is 17.9 Å². The molecule has 6 aliphatic rings. The Morgan fingerprint density at radius 2 is 1.35 bits per heavy atom. The lowest BCUT2D eigenvalue weighted by molar-refractivity contribution is -0.195. The van der Waals surface area contributed by atoms with Crippen LogP contribution in [0.1, 0.15) is 90.8 Å². The fourth-order valence-corrected chi connectivity index (χ4v) is 12.5. The third-order valence-electron chi connectivity index (χ3n) is 15.4. The van der Waals surface area contributed by atoms with Gasteiger partial charge in [-0.2, -0.15) is 0 Å². The van der Waals surface area contributed by atoms with Crippen molar-refractivity contribution < 1.29 is 38.8 Å². The molecule has 1 saturated heterocycles. The summed E-state index contributed by atoms with van der Waals surface area (Å²) >= 11 is 0. The molecule has 1 spiro atoms. The number of carbonyl (C=O) groups excluding carboxylic acids is 3. The number of nitrogens with zero attached hydrogens (tertiary/aromatic N) is 1. The summed E-state index contributed by atoms with van der Waals surface area (Å²) in [6, 6.07) is 30.3. The van der Waals surface area contributed by atoms with Crippen LogP contribution >= 0.6 is 0 Å². The normalized spacial score (nSPS) is 32.5. The van der Waals surface area contributed by atoms with Gasteiger partial charge in [-0.15, -0.1) is 0 Å². The number of hydrogen-bond donors (Lipinski definition) is 2. The molecule has 1 amide bonds. The van der Waals surface area contributed by atoms with E-state index in [0.29, 0.717) is 43.5 Å². The summed E-state index contributed by atoms with van der Waals surface area (Å²) in [5.41, 5.74) is -2.51. The van der Waals surface area contributed by atoms with E-state index in [1.165, 1.54) is 0 Å². The topological polar surface area (TPSA) is 123 Å². The summed E-state index contributed by atoms with van der Waals surface area (Å²) in [6.45, 7) is 14.7. The van der Waals surface area contributed by atoms with Gasteiger partial charge in [0.1, 0.15) is 22.4 Å². The molecule has 3 saturated carbocycles. The highest BCUT2D eigenvalue weighted by Gasteiger charge is 2.83. The van der Waals surface area contributed by atoms with Crippen LogP contribution in [0, 0.1) is 40.4 Å². The zero-order valence-electron chi connectivity index (χ0n) is 35.9. The summed E-state index contributed by atoms with van der Waals surface area (Å²) in [4.78, 5) is 42.6. The van der Waals surface area contributed by atoms with Gasteiger partial charge >= 0.3 is 12.1 Å². The fourth-order valence-electron chi connectivity index (χ4n) is 12.5. The van der Waals surface area contributed by atoms with Crippen molar-refractivity contribution in [2.75, 3.05) is 19.7 Å². The highest BCUT2D eigenvalue weighted by Crippen LogP contribution is 2.77. The number of carbonyl (C=O) groups is 3. The third kappa shape index (κ3) is 6.00. The van der Waals surface area contributed by atoms with Crippen molar-refractivity contribution >= 4 is 17.8 Å². The van der Waals surface area contributed by atoms with Gasteiger partial charge in [0.05, 0.1) is 18.1 Å². The summed E-state index contributed by atoms with van der Waals surface area (Å²) in [5, 5.41) is 25.9. The van der Waals surface area contributed by atoms with Crippen LogP contribution in [-0.2, 0) is 29.4 Å².